The summed E-state index contributed by atoms with van der Waals surface area (Å²) in [4.78, 5) is 4.25. The van der Waals surface area contributed by atoms with Gasteiger partial charge in [0, 0.05) is 18.8 Å². The number of nitrogens with one attached hydrogen (secondary N) is 2. The molecule has 21 heavy (non-hydrogen) atoms. The number of hydrogen-bond acceptors (Lipinski definition) is 4. The molecule has 1 aliphatic rings. The Kier molecular flexibility index (Phi) is 5.99. The third kappa shape index (κ3) is 4.97. The normalized spacial score (nSPS) is 18.0. The fraction of sp³-hybridized carbons (Fsp3) is 0.667. The first-order valence-electron chi connectivity index (χ1n) is 7.83. The number of aromatic nitrogens is 1. The number of hydrogen-bond donors (Lipinski definition) is 2. The van der Waals surface area contributed by atoms with Crippen LogP contribution in [0.25, 0.3) is 0 Å². The number of sulfonamides is 1. The van der Waals surface area contributed by atoms with Crippen molar-refractivity contribution >= 4 is 15.7 Å². The fourth-order valence-electron chi connectivity index (χ4n) is 2.73. The van der Waals surface area contributed by atoms with Crippen LogP contribution in [0.1, 0.15) is 51.9 Å². The molecule has 2 rings (SSSR count). The lowest BCUT2D eigenvalue weighted by Gasteiger charge is -2.21. The van der Waals surface area contributed by atoms with E-state index in [1.807, 2.05) is 6.92 Å². The van der Waals surface area contributed by atoms with Gasteiger partial charge in [0.05, 0.1) is 11.9 Å². The Morgan fingerprint density at radius 3 is 2.48 bits per heavy atom. The third-order valence-electron chi connectivity index (χ3n) is 3.83. The van der Waals surface area contributed by atoms with Crippen LogP contribution in [0, 0.1) is 0 Å². The third-order valence-corrected chi connectivity index (χ3v) is 5.32. The van der Waals surface area contributed by atoms with E-state index in [0.29, 0.717) is 0 Å². The Balaban J connectivity index is 2.07. The molecular weight excluding hydrogens is 286 g/mol. The molecule has 1 aromatic heterocycles. The lowest BCUT2D eigenvalue weighted by atomic mass is 9.97. The zero-order chi connectivity index (χ0) is 15.1. The maximum atomic E-state index is 12.5. The molecule has 0 spiro atoms. The Bertz CT molecular complexity index is 538. The van der Waals surface area contributed by atoms with Gasteiger partial charge in [0.2, 0.25) is 10.0 Å². The molecule has 1 heterocycles. The first-order valence-corrected chi connectivity index (χ1v) is 9.31. The van der Waals surface area contributed by atoms with Crippen LogP contribution in [0.5, 0.6) is 0 Å². The average Bonchev–Trinajstić information content (AvgIpc) is 2.42. The van der Waals surface area contributed by atoms with E-state index in [1.54, 1.807) is 12.3 Å². The second kappa shape index (κ2) is 7.75. The van der Waals surface area contributed by atoms with Crippen LogP contribution in [-0.2, 0) is 10.0 Å². The van der Waals surface area contributed by atoms with E-state index >= 15 is 0 Å². The van der Waals surface area contributed by atoms with Crippen LogP contribution in [0.3, 0.4) is 0 Å². The zero-order valence-corrected chi connectivity index (χ0v) is 13.5. The summed E-state index contributed by atoms with van der Waals surface area (Å²) < 4.78 is 27.8. The van der Waals surface area contributed by atoms with E-state index in [9.17, 15) is 8.42 Å². The zero-order valence-electron chi connectivity index (χ0n) is 12.6. The lowest BCUT2D eigenvalue weighted by Crippen LogP contribution is -2.35. The van der Waals surface area contributed by atoms with Gasteiger partial charge in [-0.15, -0.1) is 0 Å². The second-order valence-corrected chi connectivity index (χ2v) is 7.32. The first-order chi connectivity index (χ1) is 10.1. The standard InChI is InChI=1S/C15H25N3O2S/c1-2-17-14-10-15(12-16-11-14)21(19,20)18-13-8-6-4-3-5-7-9-13/h10-13,17-18H,2-9H2,1H3. The van der Waals surface area contributed by atoms with Crippen molar-refractivity contribution in [3.8, 4) is 0 Å². The highest BCUT2D eigenvalue weighted by atomic mass is 32.2. The number of anilines is 1. The molecule has 0 aliphatic heterocycles. The molecular formula is C15H25N3O2S. The fourth-order valence-corrected chi connectivity index (χ4v) is 4.02. The van der Waals surface area contributed by atoms with E-state index in [-0.39, 0.29) is 10.9 Å². The molecule has 0 atom stereocenters. The minimum Gasteiger partial charge on any atom is -0.384 e. The number of rotatable bonds is 5. The summed E-state index contributed by atoms with van der Waals surface area (Å²) >= 11 is 0. The predicted molar refractivity (Wildman–Crippen MR) is 84.8 cm³/mol. The van der Waals surface area contributed by atoms with Crippen molar-refractivity contribution in [3.05, 3.63) is 18.5 Å². The molecule has 0 amide bonds. The number of pyridine rings is 1. The van der Waals surface area contributed by atoms with Crippen molar-refractivity contribution in [1.82, 2.24) is 9.71 Å². The molecule has 0 bridgehead atoms. The summed E-state index contributed by atoms with van der Waals surface area (Å²) in [6, 6.07) is 1.69. The topological polar surface area (TPSA) is 71.1 Å². The maximum absolute atomic E-state index is 12.5. The van der Waals surface area contributed by atoms with Gasteiger partial charge in [-0.25, -0.2) is 13.1 Å². The number of nitrogens with zero attached hydrogens (tertiary/aromatic N) is 1. The maximum Gasteiger partial charge on any atom is 0.242 e. The van der Waals surface area contributed by atoms with Crippen LogP contribution in [0.15, 0.2) is 23.4 Å². The summed E-state index contributed by atoms with van der Waals surface area (Å²) in [5.41, 5.74) is 0.734. The molecule has 5 nitrogen and oxygen atoms in total. The molecule has 1 saturated carbocycles. The van der Waals surface area contributed by atoms with Crippen molar-refractivity contribution in [2.24, 2.45) is 0 Å². The Morgan fingerprint density at radius 1 is 1.14 bits per heavy atom. The highest BCUT2D eigenvalue weighted by molar-refractivity contribution is 7.89. The molecule has 1 aliphatic carbocycles. The summed E-state index contributed by atoms with van der Waals surface area (Å²) in [6.45, 7) is 2.70. The lowest BCUT2D eigenvalue weighted by molar-refractivity contribution is 0.426. The van der Waals surface area contributed by atoms with Gasteiger partial charge in [0.1, 0.15) is 4.90 Å². The summed E-state index contributed by atoms with van der Waals surface area (Å²) in [6.07, 6.45) is 10.8. The molecule has 0 aromatic carbocycles. The van der Waals surface area contributed by atoms with Gasteiger partial charge in [-0.05, 0) is 25.8 Å². The highest BCUT2D eigenvalue weighted by Gasteiger charge is 2.21. The van der Waals surface area contributed by atoms with Gasteiger partial charge in [-0.3, -0.25) is 4.98 Å². The van der Waals surface area contributed by atoms with Crippen LogP contribution in [0.2, 0.25) is 0 Å². The van der Waals surface area contributed by atoms with E-state index in [2.05, 4.69) is 15.0 Å². The van der Waals surface area contributed by atoms with Gasteiger partial charge in [0.15, 0.2) is 0 Å². The van der Waals surface area contributed by atoms with Gasteiger partial charge in [-0.1, -0.05) is 32.1 Å². The van der Waals surface area contributed by atoms with E-state index < -0.39 is 10.0 Å². The van der Waals surface area contributed by atoms with Crippen molar-refractivity contribution < 1.29 is 8.42 Å². The Morgan fingerprint density at radius 2 is 1.81 bits per heavy atom. The van der Waals surface area contributed by atoms with E-state index in [0.717, 1.165) is 37.9 Å². The molecule has 0 radical (unpaired) electrons. The van der Waals surface area contributed by atoms with Crippen LogP contribution < -0.4 is 10.0 Å². The average molecular weight is 311 g/mol. The highest BCUT2D eigenvalue weighted by Crippen LogP contribution is 2.20. The van der Waals surface area contributed by atoms with Crippen molar-refractivity contribution in [2.45, 2.75) is 62.8 Å². The quantitative estimate of drug-likeness (QED) is 0.877. The molecule has 118 valence electrons. The minimum absolute atomic E-state index is 0.0538. The molecule has 6 heteroatoms. The van der Waals surface area contributed by atoms with E-state index in [4.69, 9.17) is 0 Å². The van der Waals surface area contributed by atoms with Crippen molar-refractivity contribution in [2.75, 3.05) is 11.9 Å². The smallest absolute Gasteiger partial charge is 0.242 e. The molecule has 2 N–H and O–H groups in total. The Hall–Kier alpha value is -1.14. The summed E-state index contributed by atoms with van der Waals surface area (Å²) in [7, 11) is -3.48. The molecule has 0 unspecified atom stereocenters. The summed E-state index contributed by atoms with van der Waals surface area (Å²) in [5.74, 6) is 0. The predicted octanol–water partition coefficient (Wildman–Crippen LogP) is 2.90. The molecule has 1 aromatic rings. The second-order valence-electron chi connectivity index (χ2n) is 5.60. The van der Waals surface area contributed by atoms with Crippen LogP contribution in [0.4, 0.5) is 5.69 Å². The van der Waals surface area contributed by atoms with Crippen LogP contribution >= 0.6 is 0 Å². The van der Waals surface area contributed by atoms with Gasteiger partial charge in [0.25, 0.3) is 0 Å². The first kappa shape index (κ1) is 16.2. The largest absolute Gasteiger partial charge is 0.384 e. The SMILES string of the molecule is CCNc1cncc(S(=O)(=O)NC2CCCCCCC2)c1. The van der Waals surface area contributed by atoms with Crippen molar-refractivity contribution in [3.63, 3.8) is 0 Å². The van der Waals surface area contributed by atoms with Crippen LogP contribution in [-0.4, -0.2) is 26.0 Å². The molecule has 1 fully saturated rings. The molecule has 0 saturated heterocycles. The van der Waals surface area contributed by atoms with Gasteiger partial charge < -0.3 is 5.32 Å². The van der Waals surface area contributed by atoms with Gasteiger partial charge in [-0.2, -0.15) is 0 Å². The Labute approximate surface area is 127 Å². The van der Waals surface area contributed by atoms with E-state index in [1.165, 1.54) is 25.5 Å². The van der Waals surface area contributed by atoms with Crippen molar-refractivity contribution in [1.29, 1.82) is 0 Å². The monoisotopic (exact) mass is 311 g/mol. The summed E-state index contributed by atoms with van der Waals surface area (Å²) in [5, 5.41) is 3.09. The minimum atomic E-state index is -3.48. The van der Waals surface area contributed by atoms with Gasteiger partial charge >= 0.3 is 0 Å².